The standard InChI is InChI=1S/C12H7N2S.Ir/c1-2-4-9(5-3-1)11-10-6-7-15-12(10)14-8-13-11;/h1-4,6-8H;/q-1;. The Morgan fingerprint density at radius 1 is 1.12 bits per heavy atom. The third-order valence-electron chi connectivity index (χ3n) is 2.23. The van der Waals surface area contributed by atoms with Gasteiger partial charge in [0.15, 0.2) is 0 Å². The topological polar surface area (TPSA) is 25.8 Å². The molecule has 0 saturated carbocycles. The zero-order chi connectivity index (χ0) is 10.1. The molecule has 0 atom stereocenters. The summed E-state index contributed by atoms with van der Waals surface area (Å²) in [5.74, 6) is 0. The van der Waals surface area contributed by atoms with Gasteiger partial charge in [-0.2, -0.15) is 0 Å². The predicted molar refractivity (Wildman–Crippen MR) is 61.7 cm³/mol. The van der Waals surface area contributed by atoms with Gasteiger partial charge in [0, 0.05) is 20.1 Å². The van der Waals surface area contributed by atoms with Crippen LogP contribution in [0, 0.1) is 6.07 Å². The number of nitrogens with zero attached hydrogens (tertiary/aromatic N) is 2. The minimum atomic E-state index is 0. The summed E-state index contributed by atoms with van der Waals surface area (Å²) in [6.45, 7) is 0. The number of hydrogen-bond donors (Lipinski definition) is 0. The molecule has 1 radical (unpaired) electrons. The molecule has 0 unspecified atom stereocenters. The minimum Gasteiger partial charge on any atom is -0.285 e. The average molecular weight is 403 g/mol. The number of benzene rings is 1. The van der Waals surface area contributed by atoms with E-state index in [1.165, 1.54) is 0 Å². The Morgan fingerprint density at radius 3 is 2.88 bits per heavy atom. The monoisotopic (exact) mass is 404 g/mol. The van der Waals surface area contributed by atoms with Crippen molar-refractivity contribution < 1.29 is 20.1 Å². The van der Waals surface area contributed by atoms with Crippen LogP contribution in [0.4, 0.5) is 0 Å². The Bertz CT molecular complexity index is 592. The van der Waals surface area contributed by atoms with Gasteiger partial charge in [-0.3, -0.25) is 4.98 Å². The largest absolute Gasteiger partial charge is 0.285 e. The Morgan fingerprint density at radius 2 is 2.06 bits per heavy atom. The third kappa shape index (κ3) is 1.92. The second kappa shape index (κ2) is 4.83. The summed E-state index contributed by atoms with van der Waals surface area (Å²) in [6.07, 6.45) is 1.61. The van der Waals surface area contributed by atoms with Gasteiger partial charge in [-0.15, -0.1) is 47.2 Å². The van der Waals surface area contributed by atoms with Crippen LogP contribution in [0.2, 0.25) is 0 Å². The van der Waals surface area contributed by atoms with E-state index in [1.54, 1.807) is 17.7 Å². The van der Waals surface area contributed by atoms with Gasteiger partial charge in [0.05, 0.1) is 0 Å². The first kappa shape index (κ1) is 11.4. The summed E-state index contributed by atoms with van der Waals surface area (Å²) in [5.41, 5.74) is 1.98. The fraction of sp³-hybridized carbons (Fsp3) is 0. The summed E-state index contributed by atoms with van der Waals surface area (Å²) in [6, 6.07) is 13.1. The number of aromatic nitrogens is 2. The molecule has 2 heterocycles. The van der Waals surface area contributed by atoms with Crippen LogP contribution in [0.1, 0.15) is 0 Å². The molecule has 0 amide bonds. The maximum Gasteiger partial charge on any atom is 0.117 e. The molecule has 3 aromatic rings. The predicted octanol–water partition coefficient (Wildman–Crippen LogP) is 3.16. The second-order valence-corrected chi connectivity index (χ2v) is 4.03. The molecule has 0 aliphatic carbocycles. The Balaban J connectivity index is 0.000000963. The molecule has 0 bridgehead atoms. The number of rotatable bonds is 1. The van der Waals surface area contributed by atoms with Gasteiger partial charge in [-0.05, 0) is 22.5 Å². The Hall–Kier alpha value is -1.09. The maximum absolute atomic E-state index is 4.31. The van der Waals surface area contributed by atoms with Crippen molar-refractivity contribution in [2.45, 2.75) is 0 Å². The molecular formula is C12H7IrN2S-. The van der Waals surface area contributed by atoms with Gasteiger partial charge in [-0.1, -0.05) is 0 Å². The van der Waals surface area contributed by atoms with Gasteiger partial charge < -0.3 is 0 Å². The van der Waals surface area contributed by atoms with E-state index < -0.39 is 0 Å². The van der Waals surface area contributed by atoms with E-state index >= 15 is 0 Å². The van der Waals surface area contributed by atoms with Crippen molar-refractivity contribution in [2.24, 2.45) is 0 Å². The van der Waals surface area contributed by atoms with Crippen LogP contribution < -0.4 is 0 Å². The Kier molecular flexibility index (Phi) is 3.44. The van der Waals surface area contributed by atoms with Crippen LogP contribution >= 0.6 is 11.3 Å². The van der Waals surface area contributed by atoms with Crippen molar-refractivity contribution in [3.05, 3.63) is 48.1 Å². The minimum absolute atomic E-state index is 0. The molecule has 1 aromatic carbocycles. The van der Waals surface area contributed by atoms with E-state index in [0.717, 1.165) is 21.5 Å². The number of thiophene rings is 1. The van der Waals surface area contributed by atoms with E-state index in [1.807, 2.05) is 29.6 Å². The van der Waals surface area contributed by atoms with Crippen LogP contribution in [0.3, 0.4) is 0 Å². The van der Waals surface area contributed by atoms with Gasteiger partial charge in [0.25, 0.3) is 0 Å². The molecule has 16 heavy (non-hydrogen) atoms. The molecule has 4 heteroatoms. The fourth-order valence-corrected chi connectivity index (χ4v) is 2.28. The van der Waals surface area contributed by atoms with Gasteiger partial charge in [0.1, 0.15) is 11.2 Å². The fourth-order valence-electron chi connectivity index (χ4n) is 1.55. The van der Waals surface area contributed by atoms with E-state index in [9.17, 15) is 0 Å². The normalized spacial score (nSPS) is 10.0. The molecule has 0 N–H and O–H groups in total. The van der Waals surface area contributed by atoms with Crippen LogP contribution in [0.25, 0.3) is 21.5 Å². The summed E-state index contributed by atoms with van der Waals surface area (Å²) in [5, 5.41) is 3.14. The van der Waals surface area contributed by atoms with Gasteiger partial charge >= 0.3 is 0 Å². The molecule has 0 saturated heterocycles. The van der Waals surface area contributed by atoms with Crippen LogP contribution in [0.15, 0.2) is 42.0 Å². The first-order chi connectivity index (χ1) is 7.45. The van der Waals surface area contributed by atoms with Crippen LogP contribution in [0.5, 0.6) is 0 Å². The smallest absolute Gasteiger partial charge is 0.117 e. The van der Waals surface area contributed by atoms with Gasteiger partial charge in [-0.25, -0.2) is 4.98 Å². The van der Waals surface area contributed by atoms with Crippen molar-refractivity contribution in [3.8, 4) is 11.3 Å². The first-order valence-electron chi connectivity index (χ1n) is 4.60. The summed E-state index contributed by atoms with van der Waals surface area (Å²) in [7, 11) is 0. The molecule has 3 rings (SSSR count). The van der Waals surface area contributed by atoms with E-state index in [0.29, 0.717) is 0 Å². The molecule has 2 aromatic heterocycles. The van der Waals surface area contributed by atoms with Crippen LogP contribution in [-0.4, -0.2) is 9.97 Å². The summed E-state index contributed by atoms with van der Waals surface area (Å²) in [4.78, 5) is 9.56. The van der Waals surface area contributed by atoms with E-state index in [2.05, 4.69) is 22.1 Å². The first-order valence-corrected chi connectivity index (χ1v) is 5.48. The summed E-state index contributed by atoms with van der Waals surface area (Å²) >= 11 is 1.63. The second-order valence-electron chi connectivity index (χ2n) is 3.14. The van der Waals surface area contributed by atoms with Crippen molar-refractivity contribution in [1.29, 1.82) is 0 Å². The zero-order valence-corrected chi connectivity index (χ0v) is 11.4. The Labute approximate surface area is 111 Å². The van der Waals surface area contributed by atoms with Crippen molar-refractivity contribution >= 4 is 21.6 Å². The van der Waals surface area contributed by atoms with Gasteiger partial charge in [0.2, 0.25) is 0 Å². The molecule has 0 fully saturated rings. The SMILES string of the molecule is [Ir].[c-]1ccccc1-c1ncnc2sccc12. The van der Waals surface area contributed by atoms with E-state index in [4.69, 9.17) is 0 Å². The van der Waals surface area contributed by atoms with Crippen molar-refractivity contribution in [2.75, 3.05) is 0 Å². The van der Waals surface area contributed by atoms with Crippen LogP contribution in [-0.2, 0) is 20.1 Å². The third-order valence-corrected chi connectivity index (χ3v) is 3.05. The zero-order valence-electron chi connectivity index (χ0n) is 8.18. The molecule has 81 valence electrons. The molecule has 0 aliphatic heterocycles. The maximum atomic E-state index is 4.31. The molecule has 0 spiro atoms. The van der Waals surface area contributed by atoms with Crippen molar-refractivity contribution in [3.63, 3.8) is 0 Å². The molecule has 0 aliphatic rings. The molecular weight excluding hydrogens is 396 g/mol. The van der Waals surface area contributed by atoms with E-state index in [-0.39, 0.29) is 20.1 Å². The summed E-state index contributed by atoms with van der Waals surface area (Å²) < 4.78 is 0. The number of hydrogen-bond acceptors (Lipinski definition) is 3. The quantitative estimate of drug-likeness (QED) is 0.584. The van der Waals surface area contributed by atoms with Crippen molar-refractivity contribution in [1.82, 2.24) is 9.97 Å². The molecule has 2 nitrogen and oxygen atoms in total. The number of fused-ring (bicyclic) bond motifs is 1. The average Bonchev–Trinajstić information content (AvgIpc) is 2.78.